The highest BCUT2D eigenvalue weighted by Crippen LogP contribution is 2.42. The molecule has 0 N–H and O–H groups in total. The lowest BCUT2D eigenvalue weighted by molar-refractivity contribution is -0.146. The van der Waals surface area contributed by atoms with Crippen LogP contribution in [0.4, 0.5) is 0 Å². The second-order valence-corrected chi connectivity index (χ2v) is 11.6. The Morgan fingerprint density at radius 3 is 1.75 bits per heavy atom. The normalized spacial score (nSPS) is 12.3. The highest BCUT2D eigenvalue weighted by Gasteiger charge is 2.45. The van der Waals surface area contributed by atoms with Crippen LogP contribution in [0.3, 0.4) is 0 Å². The van der Waals surface area contributed by atoms with E-state index in [-0.39, 0.29) is 18.8 Å². The van der Waals surface area contributed by atoms with Crippen molar-refractivity contribution in [2.24, 2.45) is 0 Å². The van der Waals surface area contributed by atoms with E-state index < -0.39 is 14.3 Å². The van der Waals surface area contributed by atoms with Crippen molar-refractivity contribution in [3.63, 3.8) is 0 Å². The Balaban J connectivity index is 4.70. The van der Waals surface area contributed by atoms with Gasteiger partial charge in [0.1, 0.15) is 6.42 Å². The van der Waals surface area contributed by atoms with E-state index in [1.807, 2.05) is 0 Å². The molecule has 0 heterocycles. The fourth-order valence-electron chi connectivity index (χ4n) is 3.13. The van der Waals surface area contributed by atoms with Crippen molar-refractivity contribution in [2.75, 3.05) is 13.2 Å². The van der Waals surface area contributed by atoms with Gasteiger partial charge in [-0.15, -0.1) is 0 Å². The summed E-state index contributed by atoms with van der Waals surface area (Å²) in [4.78, 5) is 23.1. The van der Waals surface area contributed by atoms with Gasteiger partial charge in [0.15, 0.2) is 5.78 Å². The van der Waals surface area contributed by atoms with Gasteiger partial charge in [0.05, 0.1) is 13.2 Å². The Bertz CT molecular complexity index is 302. The van der Waals surface area contributed by atoms with Gasteiger partial charge in [-0.2, -0.15) is 0 Å². The molecule has 0 radical (unpaired) electrons. The van der Waals surface area contributed by atoms with E-state index in [1.54, 1.807) is 6.92 Å². The van der Waals surface area contributed by atoms with E-state index in [2.05, 4.69) is 41.5 Å². The summed E-state index contributed by atoms with van der Waals surface area (Å²) in [6, 6.07) is 0. The van der Waals surface area contributed by atoms with Crippen LogP contribution < -0.4 is 0 Å². The van der Waals surface area contributed by atoms with E-state index in [0.717, 1.165) is 0 Å². The number of Topliss-reactive ketones (excluding diaryl/α,β-unsaturated/α-hetero) is 1. The van der Waals surface area contributed by atoms with Gasteiger partial charge in [0.2, 0.25) is 8.32 Å². The Morgan fingerprint density at radius 2 is 1.40 bits per heavy atom. The third kappa shape index (κ3) is 5.02. The zero-order valence-corrected chi connectivity index (χ0v) is 15.0. The maximum Gasteiger partial charge on any atom is 0.313 e. The first-order chi connectivity index (χ1) is 9.18. The predicted octanol–water partition coefficient (Wildman–Crippen LogP) is 3.70. The number of esters is 1. The summed E-state index contributed by atoms with van der Waals surface area (Å²) in [5, 5.41) is 0. The summed E-state index contributed by atoms with van der Waals surface area (Å²) in [5.74, 6) is -0.658. The molecule has 0 atom stereocenters. The summed E-state index contributed by atoms with van der Waals surface area (Å²) in [7, 11) is -2.03. The van der Waals surface area contributed by atoms with Crippen LogP contribution >= 0.6 is 0 Å². The Kier molecular flexibility index (Phi) is 8.28. The van der Waals surface area contributed by atoms with Crippen molar-refractivity contribution in [2.45, 2.75) is 71.5 Å². The lowest BCUT2D eigenvalue weighted by Gasteiger charge is -2.41. The SMILES string of the molecule is CCOC(=O)CC(=O)CO[Si](C(C)C)(C(C)C)C(C)C. The van der Waals surface area contributed by atoms with Crippen LogP contribution in [0, 0.1) is 0 Å². The molecule has 0 aromatic rings. The number of carbonyl (C=O) groups excluding carboxylic acids is 2. The van der Waals surface area contributed by atoms with Crippen molar-refractivity contribution in [1.82, 2.24) is 0 Å². The highest BCUT2D eigenvalue weighted by atomic mass is 28.4. The summed E-state index contributed by atoms with van der Waals surface area (Å²) in [6.07, 6.45) is -0.188. The summed E-state index contributed by atoms with van der Waals surface area (Å²) in [5.41, 5.74) is 1.29. The summed E-state index contributed by atoms with van der Waals surface area (Å²) < 4.78 is 10.9. The first kappa shape index (κ1) is 19.3. The number of ketones is 1. The second kappa shape index (κ2) is 8.57. The van der Waals surface area contributed by atoms with Crippen LogP contribution in [0.1, 0.15) is 54.9 Å². The molecule has 0 saturated heterocycles. The molecule has 20 heavy (non-hydrogen) atoms. The molecular formula is C15H30O4Si. The third-order valence-electron chi connectivity index (χ3n) is 3.84. The van der Waals surface area contributed by atoms with Gasteiger partial charge in [-0.05, 0) is 23.5 Å². The fraction of sp³-hybridized carbons (Fsp3) is 0.867. The number of carbonyl (C=O) groups is 2. The molecule has 0 unspecified atom stereocenters. The third-order valence-corrected chi connectivity index (χ3v) is 9.90. The monoisotopic (exact) mass is 302 g/mol. The molecule has 0 saturated carbocycles. The molecule has 0 aliphatic rings. The quantitative estimate of drug-likeness (QED) is 0.370. The molecule has 5 heteroatoms. The molecule has 0 rings (SSSR count). The van der Waals surface area contributed by atoms with Crippen molar-refractivity contribution in [3.8, 4) is 0 Å². The standard InChI is InChI=1S/C15H30O4Si/c1-8-18-15(17)9-14(16)10-19-20(11(2)3,12(4)5)13(6)7/h11-13H,8-10H2,1-7H3. The molecular weight excluding hydrogens is 272 g/mol. The average molecular weight is 302 g/mol. The molecule has 0 spiro atoms. The van der Waals surface area contributed by atoms with E-state index in [1.165, 1.54) is 0 Å². The largest absolute Gasteiger partial charge is 0.466 e. The molecule has 0 amide bonds. The van der Waals surface area contributed by atoms with Crippen LogP contribution in [-0.2, 0) is 18.8 Å². The molecule has 0 aliphatic carbocycles. The van der Waals surface area contributed by atoms with Gasteiger partial charge in [-0.1, -0.05) is 41.5 Å². The molecule has 0 fully saturated rings. The molecule has 0 bridgehead atoms. The summed E-state index contributed by atoms with van der Waals surface area (Å²) >= 11 is 0. The minimum absolute atomic E-state index is 0.0274. The van der Waals surface area contributed by atoms with Gasteiger partial charge in [0.25, 0.3) is 0 Å². The molecule has 0 aromatic carbocycles. The smallest absolute Gasteiger partial charge is 0.313 e. The number of hydrogen-bond donors (Lipinski definition) is 0. The van der Waals surface area contributed by atoms with Gasteiger partial charge < -0.3 is 9.16 Å². The van der Waals surface area contributed by atoms with Crippen molar-refractivity contribution >= 4 is 20.1 Å². The van der Waals surface area contributed by atoms with E-state index >= 15 is 0 Å². The topological polar surface area (TPSA) is 52.6 Å². The van der Waals surface area contributed by atoms with E-state index in [0.29, 0.717) is 23.2 Å². The molecule has 4 nitrogen and oxygen atoms in total. The Labute approximate surface area is 124 Å². The first-order valence-corrected chi connectivity index (χ1v) is 9.63. The Hall–Kier alpha value is -0.683. The van der Waals surface area contributed by atoms with Gasteiger partial charge in [-0.3, -0.25) is 9.59 Å². The van der Waals surface area contributed by atoms with E-state index in [4.69, 9.17) is 9.16 Å². The fourth-order valence-corrected chi connectivity index (χ4v) is 8.54. The van der Waals surface area contributed by atoms with Crippen LogP contribution in [-0.4, -0.2) is 33.3 Å². The highest BCUT2D eigenvalue weighted by molar-refractivity contribution is 6.77. The van der Waals surface area contributed by atoms with Gasteiger partial charge >= 0.3 is 5.97 Å². The van der Waals surface area contributed by atoms with Crippen LogP contribution in [0.25, 0.3) is 0 Å². The van der Waals surface area contributed by atoms with Gasteiger partial charge in [-0.25, -0.2) is 0 Å². The number of hydrogen-bond acceptors (Lipinski definition) is 4. The van der Waals surface area contributed by atoms with Crippen LogP contribution in [0.5, 0.6) is 0 Å². The zero-order chi connectivity index (χ0) is 15.9. The first-order valence-electron chi connectivity index (χ1n) is 7.49. The maximum absolute atomic E-state index is 11.8. The zero-order valence-electron chi connectivity index (χ0n) is 14.0. The van der Waals surface area contributed by atoms with Crippen molar-refractivity contribution in [3.05, 3.63) is 0 Å². The number of rotatable bonds is 9. The lowest BCUT2D eigenvalue weighted by atomic mass is 10.3. The van der Waals surface area contributed by atoms with Crippen molar-refractivity contribution < 1.29 is 18.8 Å². The van der Waals surface area contributed by atoms with Crippen LogP contribution in [0.2, 0.25) is 16.6 Å². The predicted molar refractivity (Wildman–Crippen MR) is 83.3 cm³/mol. The minimum atomic E-state index is -2.03. The maximum atomic E-state index is 11.8. The number of ether oxygens (including phenoxy) is 1. The lowest BCUT2D eigenvalue weighted by Crippen LogP contribution is -2.48. The minimum Gasteiger partial charge on any atom is -0.466 e. The average Bonchev–Trinajstić information content (AvgIpc) is 2.28. The molecule has 118 valence electrons. The van der Waals surface area contributed by atoms with Gasteiger partial charge in [0, 0.05) is 0 Å². The molecule has 0 aliphatic heterocycles. The summed E-state index contributed by atoms with van der Waals surface area (Å²) in [6.45, 7) is 15.1. The second-order valence-electron chi connectivity index (χ2n) is 6.13. The van der Waals surface area contributed by atoms with Crippen LogP contribution in [0.15, 0.2) is 0 Å². The van der Waals surface area contributed by atoms with Crippen molar-refractivity contribution in [1.29, 1.82) is 0 Å². The molecule has 0 aromatic heterocycles. The Morgan fingerprint density at radius 1 is 0.950 bits per heavy atom. The van der Waals surface area contributed by atoms with E-state index in [9.17, 15) is 9.59 Å².